The minimum atomic E-state index is 0. The molecule has 0 radical (unpaired) electrons. The first-order valence-electron chi connectivity index (χ1n) is 5.39. The van der Waals surface area contributed by atoms with Crippen molar-refractivity contribution in [3.63, 3.8) is 0 Å². The summed E-state index contributed by atoms with van der Waals surface area (Å²) in [7, 11) is 3.58. The summed E-state index contributed by atoms with van der Waals surface area (Å²) >= 11 is 0. The summed E-state index contributed by atoms with van der Waals surface area (Å²) in [6.45, 7) is 5.32. The Morgan fingerprint density at radius 1 is 1.38 bits per heavy atom. The number of methoxy groups -OCH3 is 1. The molecule has 1 atom stereocenters. The fourth-order valence-corrected chi connectivity index (χ4v) is 1.75. The minimum absolute atomic E-state index is 0. The maximum atomic E-state index is 5.24. The Morgan fingerprint density at radius 3 is 2.62 bits per heavy atom. The van der Waals surface area contributed by atoms with Crippen LogP contribution in [0.3, 0.4) is 0 Å². The summed E-state index contributed by atoms with van der Waals surface area (Å²) < 4.78 is 5.24. The van der Waals surface area contributed by atoms with Gasteiger partial charge in [0.1, 0.15) is 5.75 Å². The molecule has 1 aromatic rings. The predicted octanol–water partition coefficient (Wildman–Crippen LogP) is 3.50. The zero-order valence-corrected chi connectivity index (χ0v) is 14.8. The summed E-state index contributed by atoms with van der Waals surface area (Å²) in [5.74, 6) is 1.49. The third-order valence-electron chi connectivity index (χ3n) is 2.80. The van der Waals surface area contributed by atoms with E-state index >= 15 is 0 Å². The molecule has 86 valence electrons. The second-order valence-corrected chi connectivity index (χ2v) is 3.95. The van der Waals surface area contributed by atoms with E-state index in [1.165, 1.54) is 11.1 Å². The van der Waals surface area contributed by atoms with Gasteiger partial charge in [0.05, 0.1) is 7.11 Å². The number of ether oxygens (including phenoxy) is 1. The van der Waals surface area contributed by atoms with Crippen LogP contribution in [0.5, 0.6) is 5.75 Å². The third kappa shape index (κ3) is 4.41. The van der Waals surface area contributed by atoms with E-state index in [4.69, 9.17) is 4.74 Å². The van der Waals surface area contributed by atoms with Gasteiger partial charge in [-0.15, -0.1) is 6.54 Å². The smallest absolute Gasteiger partial charge is 0.119 e. The van der Waals surface area contributed by atoms with Gasteiger partial charge in [-0.1, -0.05) is 19.4 Å². The zero-order chi connectivity index (χ0) is 11.3. The number of nitrogens with zero attached hydrogens (tertiary/aromatic N) is 1. The molecule has 3 heteroatoms. The Bertz CT molecular complexity index is 315. The van der Waals surface area contributed by atoms with Crippen molar-refractivity contribution in [3.8, 4) is 5.75 Å². The van der Waals surface area contributed by atoms with Crippen molar-refractivity contribution < 1.29 is 32.0 Å². The molecule has 0 spiro atoms. The Balaban J connectivity index is 0.00000225. The van der Waals surface area contributed by atoms with E-state index in [1.807, 2.05) is 13.1 Å². The molecule has 0 aliphatic heterocycles. The first-order chi connectivity index (χ1) is 7.19. The van der Waals surface area contributed by atoms with Crippen LogP contribution >= 0.6 is 0 Å². The Hall–Kier alpha value is -0.0979. The second kappa shape index (κ2) is 8.06. The van der Waals surface area contributed by atoms with Crippen LogP contribution in [0.4, 0.5) is 0 Å². The van der Waals surface area contributed by atoms with Crippen LogP contribution in [-0.2, 0) is 27.3 Å². The second-order valence-electron chi connectivity index (χ2n) is 3.95. The van der Waals surface area contributed by atoms with Crippen molar-refractivity contribution in [1.29, 1.82) is 0 Å². The van der Waals surface area contributed by atoms with E-state index in [9.17, 15) is 0 Å². The number of rotatable bonds is 5. The molecule has 0 fully saturated rings. The van der Waals surface area contributed by atoms with Gasteiger partial charge in [-0.05, 0) is 36.1 Å². The van der Waals surface area contributed by atoms with Crippen LogP contribution in [0.25, 0.3) is 5.32 Å². The third-order valence-corrected chi connectivity index (χ3v) is 2.80. The summed E-state index contributed by atoms with van der Waals surface area (Å²) in [4.78, 5) is 0. The largest absolute Gasteiger partial charge is 0.665 e. The molecule has 0 aliphatic rings. The molecular formula is C13H20CdNO-. The van der Waals surface area contributed by atoms with Crippen LogP contribution in [0.15, 0.2) is 18.2 Å². The summed E-state index contributed by atoms with van der Waals surface area (Å²) in [6, 6.07) is 6.26. The average Bonchev–Trinajstić information content (AvgIpc) is 2.26. The molecule has 0 aromatic heterocycles. The Morgan fingerprint density at radius 2 is 2.06 bits per heavy atom. The molecule has 2 nitrogen and oxygen atoms in total. The number of benzene rings is 1. The van der Waals surface area contributed by atoms with Crippen LogP contribution in [-0.4, -0.2) is 20.7 Å². The zero-order valence-electron chi connectivity index (χ0n) is 10.8. The van der Waals surface area contributed by atoms with Crippen molar-refractivity contribution in [3.05, 3.63) is 34.6 Å². The van der Waals surface area contributed by atoms with Crippen molar-refractivity contribution >= 4 is 0 Å². The summed E-state index contributed by atoms with van der Waals surface area (Å²) in [5, 5.41) is 4.14. The standard InChI is InChI=1S/C13H20NO.Cd/c1-10-5-6-12(15-4)9-13(10)11(2)7-8-14-3;/h5-6,9,11H,7-8H2,1-4H3;/q-1;. The van der Waals surface area contributed by atoms with E-state index in [-0.39, 0.29) is 27.3 Å². The molecule has 1 rings (SSSR count). The average molecular weight is 319 g/mol. The monoisotopic (exact) mass is 320 g/mol. The predicted molar refractivity (Wildman–Crippen MR) is 64.9 cm³/mol. The van der Waals surface area contributed by atoms with Gasteiger partial charge in [-0.3, -0.25) is 0 Å². The van der Waals surface area contributed by atoms with Gasteiger partial charge in [0.15, 0.2) is 0 Å². The van der Waals surface area contributed by atoms with Crippen LogP contribution in [0.2, 0.25) is 0 Å². The number of hydrogen-bond donors (Lipinski definition) is 0. The number of hydrogen-bond acceptors (Lipinski definition) is 1. The molecule has 16 heavy (non-hydrogen) atoms. The van der Waals surface area contributed by atoms with Crippen molar-refractivity contribution in [1.82, 2.24) is 0 Å². The fraction of sp³-hybridized carbons (Fsp3) is 0.538. The van der Waals surface area contributed by atoms with Crippen LogP contribution in [0.1, 0.15) is 30.4 Å². The molecule has 0 heterocycles. The van der Waals surface area contributed by atoms with Crippen LogP contribution < -0.4 is 4.74 Å². The first-order valence-corrected chi connectivity index (χ1v) is 5.39. The van der Waals surface area contributed by atoms with E-state index in [0.717, 1.165) is 18.7 Å². The molecule has 1 unspecified atom stereocenters. The molecule has 1 aromatic carbocycles. The summed E-state index contributed by atoms with van der Waals surface area (Å²) in [6.07, 6.45) is 1.10. The van der Waals surface area contributed by atoms with Gasteiger partial charge in [0.2, 0.25) is 0 Å². The molecule has 0 N–H and O–H groups in total. The Labute approximate surface area is 119 Å². The Kier molecular flexibility index (Phi) is 8.01. The van der Waals surface area contributed by atoms with Crippen LogP contribution in [0, 0.1) is 6.92 Å². The van der Waals surface area contributed by atoms with Crippen molar-refractivity contribution in [2.45, 2.75) is 26.2 Å². The van der Waals surface area contributed by atoms with Crippen molar-refractivity contribution in [2.24, 2.45) is 0 Å². The maximum Gasteiger partial charge on any atom is 0.119 e. The van der Waals surface area contributed by atoms with E-state index in [2.05, 4.69) is 31.3 Å². The van der Waals surface area contributed by atoms with Gasteiger partial charge in [-0.2, -0.15) is 7.05 Å². The first kappa shape index (κ1) is 15.9. The molecule has 0 amide bonds. The van der Waals surface area contributed by atoms with E-state index in [0.29, 0.717) is 5.92 Å². The van der Waals surface area contributed by atoms with Gasteiger partial charge in [0, 0.05) is 27.3 Å². The van der Waals surface area contributed by atoms with Gasteiger partial charge < -0.3 is 10.1 Å². The molecule has 0 aliphatic carbocycles. The molecule has 0 saturated heterocycles. The number of aryl methyl sites for hydroxylation is 1. The summed E-state index contributed by atoms with van der Waals surface area (Å²) in [5.41, 5.74) is 2.71. The molecule has 0 bridgehead atoms. The van der Waals surface area contributed by atoms with E-state index < -0.39 is 0 Å². The topological polar surface area (TPSA) is 23.3 Å². The van der Waals surface area contributed by atoms with Gasteiger partial charge >= 0.3 is 0 Å². The SMILES string of the molecule is C[N-]CCC(C)c1cc(OC)ccc1C.[Cd]. The van der Waals surface area contributed by atoms with E-state index in [1.54, 1.807) is 7.11 Å². The fourth-order valence-electron chi connectivity index (χ4n) is 1.75. The quantitative estimate of drug-likeness (QED) is 0.762. The normalized spacial score (nSPS) is 11.8. The minimum Gasteiger partial charge on any atom is -0.665 e. The van der Waals surface area contributed by atoms with Crippen molar-refractivity contribution in [2.75, 3.05) is 20.7 Å². The van der Waals surface area contributed by atoms with Gasteiger partial charge in [0.25, 0.3) is 0 Å². The molecule has 0 saturated carbocycles. The molecular weight excluding hydrogens is 299 g/mol. The maximum absolute atomic E-state index is 5.24. The van der Waals surface area contributed by atoms with Gasteiger partial charge in [-0.25, -0.2) is 0 Å².